The van der Waals surface area contributed by atoms with Gasteiger partial charge in [0.15, 0.2) is 6.10 Å². The number of carboxylic acids is 1. The van der Waals surface area contributed by atoms with E-state index in [1.807, 2.05) is 24.3 Å². The first-order valence-electron chi connectivity index (χ1n) is 8.15. The minimum atomic E-state index is -1.72. The Morgan fingerprint density at radius 3 is 2.64 bits per heavy atom. The van der Waals surface area contributed by atoms with Gasteiger partial charge in [0, 0.05) is 6.04 Å². The fourth-order valence-corrected chi connectivity index (χ4v) is 3.70. The number of aliphatic hydroxyl groups is 3. The largest absolute Gasteiger partial charge is 0.479 e. The van der Waals surface area contributed by atoms with Crippen LogP contribution in [0.5, 0.6) is 0 Å². The lowest BCUT2D eigenvalue weighted by atomic mass is 9.96. The number of terminal acetylenes is 1. The van der Waals surface area contributed by atoms with Crippen molar-refractivity contribution in [2.24, 2.45) is 0 Å². The Balaban J connectivity index is 1.92. The summed E-state index contributed by atoms with van der Waals surface area (Å²) in [5.41, 5.74) is 2.20. The Morgan fingerprint density at radius 1 is 1.24 bits per heavy atom. The van der Waals surface area contributed by atoms with E-state index in [0.29, 0.717) is 0 Å². The number of carboxylic acid groups (broad SMARTS) is 1. The van der Waals surface area contributed by atoms with Crippen molar-refractivity contribution in [3.63, 3.8) is 0 Å². The Kier molecular flexibility index (Phi) is 5.08. The molecule has 1 aliphatic carbocycles. The van der Waals surface area contributed by atoms with Crippen LogP contribution in [0.4, 0.5) is 0 Å². The summed E-state index contributed by atoms with van der Waals surface area (Å²) in [7, 11) is 0. The van der Waals surface area contributed by atoms with Crippen molar-refractivity contribution in [1.82, 2.24) is 4.90 Å². The van der Waals surface area contributed by atoms with E-state index in [-0.39, 0.29) is 12.6 Å². The molecule has 1 fully saturated rings. The summed E-state index contributed by atoms with van der Waals surface area (Å²) in [5.74, 6) is 1.10. The molecule has 0 saturated carbocycles. The first-order chi connectivity index (χ1) is 12.0. The molecule has 134 valence electrons. The van der Waals surface area contributed by atoms with Crippen LogP contribution in [0.15, 0.2) is 24.3 Å². The van der Waals surface area contributed by atoms with E-state index in [9.17, 15) is 25.2 Å². The van der Waals surface area contributed by atoms with Gasteiger partial charge in [0.05, 0.1) is 6.54 Å². The molecule has 0 radical (unpaired) electrons. The zero-order chi connectivity index (χ0) is 18.1. The summed E-state index contributed by atoms with van der Waals surface area (Å²) in [6.07, 6.45) is -0.568. The number of aliphatic hydroxyl groups excluding tert-OH is 3. The molecule has 0 aromatic heterocycles. The third-order valence-corrected chi connectivity index (χ3v) is 4.93. The highest BCUT2D eigenvalue weighted by molar-refractivity contribution is 5.73. The number of benzene rings is 1. The Bertz CT molecular complexity index is 686. The van der Waals surface area contributed by atoms with Crippen molar-refractivity contribution in [2.45, 2.75) is 49.5 Å². The fourth-order valence-electron chi connectivity index (χ4n) is 3.70. The van der Waals surface area contributed by atoms with E-state index in [1.54, 1.807) is 4.90 Å². The average molecular weight is 347 g/mol. The van der Waals surface area contributed by atoms with Gasteiger partial charge in [-0.3, -0.25) is 4.90 Å². The van der Waals surface area contributed by atoms with Gasteiger partial charge in [0.1, 0.15) is 24.5 Å². The van der Waals surface area contributed by atoms with Crippen molar-refractivity contribution >= 4 is 5.97 Å². The quantitative estimate of drug-likeness (QED) is 0.544. The fraction of sp³-hybridized carbons (Fsp3) is 0.500. The lowest BCUT2D eigenvalue weighted by molar-refractivity contribution is -0.263. The number of hydrogen-bond acceptors (Lipinski definition) is 6. The van der Waals surface area contributed by atoms with Crippen LogP contribution in [0.25, 0.3) is 0 Å². The number of rotatable bonds is 4. The maximum Gasteiger partial charge on any atom is 0.335 e. The SMILES string of the molecule is C#CCN([C@@H]1CCc2ccccc21)[C@@H]1O[C@H](C(=O)O)[C@@H](O)[C@H](O)[C@H]1O. The lowest BCUT2D eigenvalue weighted by Crippen LogP contribution is -2.64. The number of ether oxygens (including phenoxy) is 1. The number of carbonyl (C=O) groups is 1. The third-order valence-electron chi connectivity index (χ3n) is 4.93. The van der Waals surface area contributed by atoms with Gasteiger partial charge in [-0.15, -0.1) is 6.42 Å². The zero-order valence-electron chi connectivity index (χ0n) is 13.5. The van der Waals surface area contributed by atoms with Crippen LogP contribution in [0.1, 0.15) is 23.6 Å². The van der Waals surface area contributed by atoms with Crippen LogP contribution in [0.2, 0.25) is 0 Å². The Hall–Kier alpha value is -1.95. The van der Waals surface area contributed by atoms with Gasteiger partial charge in [0.25, 0.3) is 0 Å². The second-order valence-electron chi connectivity index (χ2n) is 6.39. The molecule has 0 bridgehead atoms. The molecule has 6 atom stereocenters. The maximum atomic E-state index is 11.3. The van der Waals surface area contributed by atoms with Crippen molar-refractivity contribution in [3.8, 4) is 12.3 Å². The lowest BCUT2D eigenvalue weighted by Gasteiger charge is -2.45. The summed E-state index contributed by atoms with van der Waals surface area (Å²) < 4.78 is 5.46. The average Bonchev–Trinajstić information content (AvgIpc) is 3.02. The predicted octanol–water partition coefficient (Wildman–Crippen LogP) is -0.499. The molecular weight excluding hydrogens is 326 g/mol. The van der Waals surface area contributed by atoms with E-state index in [4.69, 9.17) is 11.2 Å². The van der Waals surface area contributed by atoms with E-state index >= 15 is 0 Å². The minimum Gasteiger partial charge on any atom is -0.479 e. The highest BCUT2D eigenvalue weighted by Crippen LogP contribution is 2.38. The minimum absolute atomic E-state index is 0.107. The van der Waals surface area contributed by atoms with Gasteiger partial charge >= 0.3 is 5.97 Å². The first-order valence-corrected chi connectivity index (χ1v) is 8.15. The number of aliphatic carboxylic acids is 1. The maximum absolute atomic E-state index is 11.3. The Morgan fingerprint density at radius 2 is 1.96 bits per heavy atom. The van der Waals surface area contributed by atoms with Gasteiger partial charge < -0.3 is 25.2 Å². The van der Waals surface area contributed by atoms with Gasteiger partial charge in [-0.05, 0) is 24.0 Å². The van der Waals surface area contributed by atoms with Crippen LogP contribution in [-0.4, -0.2) is 68.5 Å². The van der Waals surface area contributed by atoms with Crippen molar-refractivity contribution in [2.75, 3.05) is 6.54 Å². The second kappa shape index (κ2) is 7.12. The van der Waals surface area contributed by atoms with Gasteiger partial charge in [-0.2, -0.15) is 0 Å². The molecule has 7 nitrogen and oxygen atoms in total. The number of fused-ring (bicyclic) bond motifs is 1. The van der Waals surface area contributed by atoms with Crippen molar-refractivity contribution < 1.29 is 30.0 Å². The standard InChI is InChI=1S/C18H21NO6/c1-2-9-19(12-8-7-10-5-3-4-6-11(10)12)17-15(22)13(20)14(21)16(25-17)18(23)24/h1,3-6,12-17,20-22H,7-9H2,(H,23,24)/t12-,13+,14+,15-,16+,17-/m1/s1. The van der Waals surface area contributed by atoms with Crippen LogP contribution in [0.3, 0.4) is 0 Å². The van der Waals surface area contributed by atoms with Crippen LogP contribution in [-0.2, 0) is 16.0 Å². The molecule has 4 N–H and O–H groups in total. The van der Waals surface area contributed by atoms with Crippen molar-refractivity contribution in [3.05, 3.63) is 35.4 Å². The van der Waals surface area contributed by atoms with Gasteiger partial charge in [-0.1, -0.05) is 30.2 Å². The molecule has 0 unspecified atom stereocenters. The monoisotopic (exact) mass is 347 g/mol. The molecular formula is C18H21NO6. The van der Waals surface area contributed by atoms with E-state index in [0.717, 1.165) is 24.0 Å². The van der Waals surface area contributed by atoms with Gasteiger partial charge in [-0.25, -0.2) is 4.79 Å². The summed E-state index contributed by atoms with van der Waals surface area (Å²) in [6, 6.07) is 7.66. The van der Waals surface area contributed by atoms with Crippen LogP contribution >= 0.6 is 0 Å². The molecule has 2 aliphatic rings. The molecule has 0 spiro atoms. The van der Waals surface area contributed by atoms with Crippen LogP contribution in [0, 0.1) is 12.3 Å². The smallest absolute Gasteiger partial charge is 0.335 e. The molecule has 25 heavy (non-hydrogen) atoms. The van der Waals surface area contributed by atoms with Gasteiger partial charge in [0.2, 0.25) is 0 Å². The highest BCUT2D eigenvalue weighted by Gasteiger charge is 2.50. The molecule has 1 aromatic carbocycles. The molecule has 1 heterocycles. The Labute approximate surface area is 145 Å². The van der Waals surface area contributed by atoms with E-state index < -0.39 is 36.6 Å². The number of nitrogens with zero attached hydrogens (tertiary/aromatic N) is 1. The van der Waals surface area contributed by atoms with Crippen molar-refractivity contribution in [1.29, 1.82) is 0 Å². The molecule has 1 saturated heterocycles. The topological polar surface area (TPSA) is 110 Å². The summed E-state index contributed by atoms with van der Waals surface area (Å²) in [5, 5.41) is 39.5. The summed E-state index contributed by atoms with van der Waals surface area (Å²) in [6.45, 7) is 0.107. The zero-order valence-corrected chi connectivity index (χ0v) is 13.5. The molecule has 3 rings (SSSR count). The molecule has 7 heteroatoms. The third kappa shape index (κ3) is 3.15. The van der Waals surface area contributed by atoms with E-state index in [1.165, 1.54) is 0 Å². The summed E-state index contributed by atoms with van der Waals surface area (Å²) in [4.78, 5) is 13.0. The highest BCUT2D eigenvalue weighted by atomic mass is 16.6. The molecule has 1 aliphatic heterocycles. The molecule has 0 amide bonds. The van der Waals surface area contributed by atoms with Crippen LogP contribution < -0.4 is 0 Å². The number of aryl methyl sites for hydroxylation is 1. The summed E-state index contributed by atoms with van der Waals surface area (Å²) >= 11 is 0. The predicted molar refractivity (Wildman–Crippen MR) is 87.4 cm³/mol. The van der Waals surface area contributed by atoms with E-state index in [2.05, 4.69) is 5.92 Å². The first kappa shape index (κ1) is 17.9. The second-order valence-corrected chi connectivity index (χ2v) is 6.39. The molecule has 1 aromatic rings. The normalized spacial score (nSPS) is 34.5. The number of hydrogen-bond donors (Lipinski definition) is 4.